The van der Waals surface area contributed by atoms with Crippen molar-refractivity contribution in [3.63, 3.8) is 0 Å². The van der Waals surface area contributed by atoms with E-state index < -0.39 is 6.61 Å². The molecule has 1 saturated carbocycles. The van der Waals surface area contributed by atoms with Crippen LogP contribution in [0, 0.1) is 11.8 Å². The number of benzene rings is 1. The van der Waals surface area contributed by atoms with E-state index in [2.05, 4.69) is 11.7 Å². The minimum Gasteiger partial charge on any atom is -0.435 e. The van der Waals surface area contributed by atoms with Crippen LogP contribution < -0.4 is 4.74 Å². The largest absolute Gasteiger partial charge is 0.435 e. The Balaban J connectivity index is 1.50. The molecular weight excluding hydrogens is 354 g/mol. The SMILES string of the molecule is CCCCCCCCCC[C@H]1CC[C@H](CCc2ccc(OC(F)F)cc2)CC1. The fraction of sp³-hybridized carbons (Fsp3) is 0.760. The van der Waals surface area contributed by atoms with E-state index in [0.29, 0.717) is 0 Å². The van der Waals surface area contributed by atoms with Gasteiger partial charge in [0.25, 0.3) is 0 Å². The molecule has 28 heavy (non-hydrogen) atoms. The summed E-state index contributed by atoms with van der Waals surface area (Å²) in [6.45, 7) is -0.466. The molecule has 0 bridgehead atoms. The number of unbranched alkanes of at least 4 members (excludes halogenated alkanes) is 7. The average molecular weight is 395 g/mol. The summed E-state index contributed by atoms with van der Waals surface area (Å²) in [5.74, 6) is 2.05. The zero-order valence-corrected chi connectivity index (χ0v) is 17.8. The summed E-state index contributed by atoms with van der Waals surface area (Å²) in [5.41, 5.74) is 1.22. The highest BCUT2D eigenvalue weighted by molar-refractivity contribution is 5.27. The molecule has 2 rings (SSSR count). The zero-order chi connectivity index (χ0) is 20.0. The number of alkyl halides is 2. The smallest absolute Gasteiger partial charge is 0.387 e. The highest BCUT2D eigenvalue weighted by Gasteiger charge is 2.20. The summed E-state index contributed by atoms with van der Waals surface area (Å²) in [6, 6.07) is 7.15. The Hall–Kier alpha value is -1.12. The van der Waals surface area contributed by atoms with E-state index in [0.717, 1.165) is 18.3 Å². The quantitative estimate of drug-likeness (QED) is 0.287. The first-order valence-electron chi connectivity index (χ1n) is 11.7. The fourth-order valence-corrected chi connectivity index (χ4v) is 4.58. The van der Waals surface area contributed by atoms with Gasteiger partial charge in [-0.2, -0.15) is 8.78 Å². The van der Waals surface area contributed by atoms with Crippen LogP contribution >= 0.6 is 0 Å². The van der Waals surface area contributed by atoms with Gasteiger partial charge >= 0.3 is 6.61 Å². The molecule has 0 saturated heterocycles. The van der Waals surface area contributed by atoms with Crippen LogP contribution in [0.1, 0.15) is 102 Å². The van der Waals surface area contributed by atoms with Crippen molar-refractivity contribution in [1.82, 2.24) is 0 Å². The van der Waals surface area contributed by atoms with Gasteiger partial charge < -0.3 is 4.74 Å². The molecule has 0 unspecified atom stereocenters. The average Bonchev–Trinajstić information content (AvgIpc) is 2.70. The van der Waals surface area contributed by atoms with Crippen molar-refractivity contribution in [3.05, 3.63) is 29.8 Å². The molecule has 1 aliphatic rings. The molecule has 0 radical (unpaired) electrons. The highest BCUT2D eigenvalue weighted by atomic mass is 19.3. The van der Waals surface area contributed by atoms with Crippen LogP contribution in [0.15, 0.2) is 24.3 Å². The molecule has 1 aromatic carbocycles. The van der Waals surface area contributed by atoms with Gasteiger partial charge in [0.05, 0.1) is 0 Å². The maximum Gasteiger partial charge on any atom is 0.387 e. The predicted octanol–water partition coefficient (Wildman–Crippen LogP) is 8.56. The lowest BCUT2D eigenvalue weighted by Crippen LogP contribution is -2.15. The molecule has 0 amide bonds. The second kappa shape index (κ2) is 14.0. The predicted molar refractivity (Wildman–Crippen MR) is 114 cm³/mol. The van der Waals surface area contributed by atoms with Crippen LogP contribution in [-0.2, 0) is 6.42 Å². The molecule has 0 heterocycles. The topological polar surface area (TPSA) is 9.23 Å². The number of ether oxygens (including phenoxy) is 1. The first-order chi connectivity index (χ1) is 13.7. The van der Waals surface area contributed by atoms with E-state index in [9.17, 15) is 8.78 Å². The van der Waals surface area contributed by atoms with Gasteiger partial charge in [-0.15, -0.1) is 0 Å². The Bertz CT molecular complexity index is 492. The van der Waals surface area contributed by atoms with E-state index in [1.165, 1.54) is 95.5 Å². The third-order valence-corrected chi connectivity index (χ3v) is 6.42. The minimum absolute atomic E-state index is 0.250. The third-order valence-electron chi connectivity index (χ3n) is 6.42. The molecule has 0 spiro atoms. The van der Waals surface area contributed by atoms with Gasteiger partial charge in [0.15, 0.2) is 0 Å². The van der Waals surface area contributed by atoms with Crippen LogP contribution in [0.25, 0.3) is 0 Å². The molecule has 0 aromatic heterocycles. The Morgan fingerprint density at radius 1 is 0.786 bits per heavy atom. The summed E-state index contributed by atoms with van der Waals surface area (Å²) in [4.78, 5) is 0. The van der Waals surface area contributed by atoms with Crippen molar-refractivity contribution >= 4 is 0 Å². The molecule has 0 atom stereocenters. The Labute approximate surface area is 171 Å². The van der Waals surface area contributed by atoms with Crippen molar-refractivity contribution in [1.29, 1.82) is 0 Å². The first kappa shape index (κ1) is 23.2. The van der Waals surface area contributed by atoms with E-state index in [1.54, 1.807) is 12.1 Å². The van der Waals surface area contributed by atoms with Gasteiger partial charge in [-0.05, 0) is 42.4 Å². The van der Waals surface area contributed by atoms with Gasteiger partial charge in [-0.1, -0.05) is 103 Å². The second-order valence-corrected chi connectivity index (χ2v) is 8.71. The number of rotatable bonds is 14. The summed E-state index contributed by atoms with van der Waals surface area (Å²) >= 11 is 0. The number of halogens is 2. The maximum absolute atomic E-state index is 12.2. The van der Waals surface area contributed by atoms with Crippen LogP contribution in [0.2, 0.25) is 0 Å². The van der Waals surface area contributed by atoms with Gasteiger partial charge in [0.2, 0.25) is 0 Å². The molecule has 1 aromatic rings. The van der Waals surface area contributed by atoms with Gasteiger partial charge in [-0.3, -0.25) is 0 Å². The van der Waals surface area contributed by atoms with Crippen molar-refractivity contribution < 1.29 is 13.5 Å². The van der Waals surface area contributed by atoms with Gasteiger partial charge in [0, 0.05) is 0 Å². The Morgan fingerprint density at radius 2 is 1.32 bits per heavy atom. The molecular formula is C25H40F2O. The number of aryl methyl sites for hydroxylation is 1. The van der Waals surface area contributed by atoms with Crippen molar-refractivity contribution in [2.75, 3.05) is 0 Å². The van der Waals surface area contributed by atoms with Gasteiger partial charge in [0.1, 0.15) is 5.75 Å². The Kier molecular flexibility index (Phi) is 11.5. The molecule has 1 nitrogen and oxygen atoms in total. The van der Waals surface area contributed by atoms with Crippen molar-refractivity contribution in [2.45, 2.75) is 110 Å². The lowest BCUT2D eigenvalue weighted by molar-refractivity contribution is -0.0498. The monoisotopic (exact) mass is 394 g/mol. The minimum atomic E-state index is -2.74. The summed E-state index contributed by atoms with van der Waals surface area (Å²) in [7, 11) is 0. The first-order valence-corrected chi connectivity index (χ1v) is 11.7. The molecule has 1 aliphatic carbocycles. The summed E-state index contributed by atoms with van der Waals surface area (Å²) < 4.78 is 28.8. The fourth-order valence-electron chi connectivity index (χ4n) is 4.58. The molecule has 0 N–H and O–H groups in total. The van der Waals surface area contributed by atoms with E-state index >= 15 is 0 Å². The summed E-state index contributed by atoms with van der Waals surface area (Å²) in [6.07, 6.45) is 20.6. The molecule has 3 heteroatoms. The highest BCUT2D eigenvalue weighted by Crippen LogP contribution is 2.34. The molecule has 160 valence electrons. The molecule has 0 aliphatic heterocycles. The summed E-state index contributed by atoms with van der Waals surface area (Å²) in [5, 5.41) is 0. The van der Waals surface area contributed by atoms with Crippen LogP contribution in [-0.4, -0.2) is 6.61 Å². The second-order valence-electron chi connectivity index (χ2n) is 8.71. The lowest BCUT2D eigenvalue weighted by atomic mass is 9.77. The normalized spacial score (nSPS) is 19.9. The van der Waals surface area contributed by atoms with Crippen molar-refractivity contribution in [3.8, 4) is 5.75 Å². The van der Waals surface area contributed by atoms with Crippen LogP contribution in [0.4, 0.5) is 8.78 Å². The zero-order valence-electron chi connectivity index (χ0n) is 17.8. The third kappa shape index (κ3) is 9.89. The number of hydrogen-bond donors (Lipinski definition) is 0. The van der Waals surface area contributed by atoms with E-state index in [1.807, 2.05) is 12.1 Å². The number of hydrogen-bond acceptors (Lipinski definition) is 1. The van der Waals surface area contributed by atoms with E-state index in [4.69, 9.17) is 0 Å². The Morgan fingerprint density at radius 3 is 1.89 bits per heavy atom. The van der Waals surface area contributed by atoms with Crippen LogP contribution in [0.5, 0.6) is 5.75 Å². The lowest BCUT2D eigenvalue weighted by Gasteiger charge is -2.28. The van der Waals surface area contributed by atoms with Gasteiger partial charge in [-0.25, -0.2) is 0 Å². The van der Waals surface area contributed by atoms with Crippen LogP contribution in [0.3, 0.4) is 0 Å². The van der Waals surface area contributed by atoms with Crippen molar-refractivity contribution in [2.24, 2.45) is 11.8 Å². The van der Waals surface area contributed by atoms with E-state index in [-0.39, 0.29) is 5.75 Å². The molecule has 1 fully saturated rings. The standard InChI is InChI=1S/C25H40F2O/c1-2-3-4-5-6-7-8-9-10-21-11-13-22(14-12-21)15-16-23-17-19-24(20-18-23)28-25(26)27/h17-22,25H,2-16H2,1H3/t21-,22-. The maximum atomic E-state index is 12.2.